The SMILES string of the molecule is O=C(O)CCC(Cl)c1cc(F)c(F)c(F)c1. The van der Waals surface area contributed by atoms with E-state index in [1.807, 2.05) is 0 Å². The van der Waals surface area contributed by atoms with Gasteiger partial charge in [-0.3, -0.25) is 4.79 Å². The molecule has 0 saturated heterocycles. The smallest absolute Gasteiger partial charge is 0.303 e. The van der Waals surface area contributed by atoms with Crippen LogP contribution < -0.4 is 0 Å². The lowest BCUT2D eigenvalue weighted by molar-refractivity contribution is -0.137. The van der Waals surface area contributed by atoms with E-state index in [1.165, 1.54) is 0 Å². The van der Waals surface area contributed by atoms with Crippen molar-refractivity contribution in [2.45, 2.75) is 18.2 Å². The van der Waals surface area contributed by atoms with Crippen LogP contribution in [0.15, 0.2) is 12.1 Å². The molecule has 1 N–H and O–H groups in total. The summed E-state index contributed by atoms with van der Waals surface area (Å²) in [5, 5.41) is 7.54. The standard InChI is InChI=1S/C10H8ClF3O2/c11-6(1-2-9(15)16)5-3-7(12)10(14)8(13)4-5/h3-4,6H,1-2H2,(H,15,16). The van der Waals surface area contributed by atoms with E-state index in [0.717, 1.165) is 12.1 Å². The molecule has 1 aromatic rings. The van der Waals surface area contributed by atoms with Gasteiger partial charge in [0.1, 0.15) is 0 Å². The number of hydrogen-bond donors (Lipinski definition) is 1. The summed E-state index contributed by atoms with van der Waals surface area (Å²) in [5.74, 6) is -5.30. The van der Waals surface area contributed by atoms with Crippen LogP contribution >= 0.6 is 11.6 Å². The number of rotatable bonds is 4. The lowest BCUT2D eigenvalue weighted by Crippen LogP contribution is -2.01. The summed E-state index contributed by atoms with van der Waals surface area (Å²) in [6, 6.07) is 1.52. The van der Waals surface area contributed by atoms with Crippen molar-refractivity contribution in [3.63, 3.8) is 0 Å². The predicted molar refractivity (Wildman–Crippen MR) is 51.8 cm³/mol. The lowest BCUT2D eigenvalue weighted by Gasteiger charge is -2.09. The van der Waals surface area contributed by atoms with Gasteiger partial charge in [0.15, 0.2) is 17.5 Å². The molecular formula is C10H8ClF3O2. The zero-order chi connectivity index (χ0) is 12.3. The zero-order valence-corrected chi connectivity index (χ0v) is 8.77. The van der Waals surface area contributed by atoms with Gasteiger partial charge in [-0.15, -0.1) is 11.6 Å². The Bertz CT molecular complexity index is 386. The second-order valence-electron chi connectivity index (χ2n) is 3.20. The second-order valence-corrected chi connectivity index (χ2v) is 3.73. The minimum Gasteiger partial charge on any atom is -0.481 e. The molecule has 0 heterocycles. The van der Waals surface area contributed by atoms with Gasteiger partial charge in [0.25, 0.3) is 0 Å². The van der Waals surface area contributed by atoms with Crippen molar-refractivity contribution < 1.29 is 23.1 Å². The molecule has 0 aliphatic heterocycles. The van der Waals surface area contributed by atoms with Crippen LogP contribution in [0.25, 0.3) is 0 Å². The van der Waals surface area contributed by atoms with Gasteiger partial charge in [-0.1, -0.05) is 0 Å². The average Bonchev–Trinajstić information content (AvgIpc) is 2.21. The molecule has 0 radical (unpaired) electrons. The van der Waals surface area contributed by atoms with Crippen molar-refractivity contribution in [3.05, 3.63) is 35.1 Å². The number of benzene rings is 1. The Morgan fingerprint density at radius 2 is 1.81 bits per heavy atom. The molecule has 0 amide bonds. The number of carboxylic acids is 1. The van der Waals surface area contributed by atoms with Crippen LogP contribution in [0, 0.1) is 17.5 Å². The van der Waals surface area contributed by atoms with Crippen LogP contribution in [0.2, 0.25) is 0 Å². The predicted octanol–water partition coefficient (Wildman–Crippen LogP) is 3.25. The van der Waals surface area contributed by atoms with Crippen LogP contribution in [0.1, 0.15) is 23.8 Å². The van der Waals surface area contributed by atoms with E-state index in [0.29, 0.717) is 0 Å². The highest BCUT2D eigenvalue weighted by Gasteiger charge is 2.16. The third-order valence-corrected chi connectivity index (χ3v) is 2.45. The van der Waals surface area contributed by atoms with Gasteiger partial charge >= 0.3 is 5.97 Å². The van der Waals surface area contributed by atoms with Crippen LogP contribution in [-0.2, 0) is 4.79 Å². The Morgan fingerprint density at radius 3 is 2.25 bits per heavy atom. The quantitative estimate of drug-likeness (QED) is 0.660. The first-order valence-corrected chi connectivity index (χ1v) is 4.85. The fraction of sp³-hybridized carbons (Fsp3) is 0.300. The number of carboxylic acid groups (broad SMARTS) is 1. The minimum atomic E-state index is -1.56. The van der Waals surface area contributed by atoms with Gasteiger partial charge in [-0.25, -0.2) is 13.2 Å². The molecule has 0 saturated carbocycles. The average molecular weight is 253 g/mol. The zero-order valence-electron chi connectivity index (χ0n) is 8.01. The van der Waals surface area contributed by atoms with E-state index < -0.39 is 28.8 Å². The fourth-order valence-corrected chi connectivity index (χ4v) is 1.41. The van der Waals surface area contributed by atoms with Gasteiger partial charge < -0.3 is 5.11 Å². The van der Waals surface area contributed by atoms with Gasteiger partial charge in [0, 0.05) is 6.42 Å². The largest absolute Gasteiger partial charge is 0.481 e. The highest BCUT2D eigenvalue weighted by atomic mass is 35.5. The summed E-state index contributed by atoms with van der Waals surface area (Å²) < 4.78 is 38.2. The lowest BCUT2D eigenvalue weighted by atomic mass is 10.1. The first kappa shape index (κ1) is 12.8. The van der Waals surface area contributed by atoms with Crippen LogP contribution in [0.3, 0.4) is 0 Å². The first-order chi connectivity index (χ1) is 7.41. The number of hydrogen-bond acceptors (Lipinski definition) is 1. The van der Waals surface area contributed by atoms with Crippen molar-refractivity contribution in [2.75, 3.05) is 0 Å². The highest BCUT2D eigenvalue weighted by molar-refractivity contribution is 6.20. The fourth-order valence-electron chi connectivity index (χ4n) is 1.17. The number of alkyl halides is 1. The number of aliphatic carboxylic acids is 1. The monoisotopic (exact) mass is 252 g/mol. The maximum absolute atomic E-state index is 12.8. The molecule has 0 spiro atoms. The molecule has 0 aliphatic rings. The van der Waals surface area contributed by atoms with Crippen molar-refractivity contribution in [3.8, 4) is 0 Å². The molecule has 1 atom stereocenters. The second kappa shape index (κ2) is 5.21. The Morgan fingerprint density at radius 1 is 1.31 bits per heavy atom. The molecule has 0 aliphatic carbocycles. The van der Waals surface area contributed by atoms with E-state index in [2.05, 4.69) is 0 Å². The molecule has 6 heteroatoms. The van der Waals surface area contributed by atoms with Crippen LogP contribution in [-0.4, -0.2) is 11.1 Å². The van der Waals surface area contributed by atoms with Gasteiger partial charge in [0.2, 0.25) is 0 Å². The minimum absolute atomic E-state index is 0.0153. The normalized spacial score (nSPS) is 12.5. The van der Waals surface area contributed by atoms with E-state index >= 15 is 0 Å². The van der Waals surface area contributed by atoms with Crippen LogP contribution in [0.4, 0.5) is 13.2 Å². The van der Waals surface area contributed by atoms with Crippen LogP contribution in [0.5, 0.6) is 0 Å². The van der Waals surface area contributed by atoms with E-state index in [4.69, 9.17) is 16.7 Å². The molecule has 0 aromatic heterocycles. The maximum Gasteiger partial charge on any atom is 0.303 e. The molecule has 1 unspecified atom stereocenters. The molecule has 88 valence electrons. The molecule has 0 bridgehead atoms. The van der Waals surface area contributed by atoms with Crippen molar-refractivity contribution in [2.24, 2.45) is 0 Å². The highest BCUT2D eigenvalue weighted by Crippen LogP contribution is 2.27. The molecule has 0 fully saturated rings. The van der Waals surface area contributed by atoms with E-state index in [9.17, 15) is 18.0 Å². The van der Waals surface area contributed by atoms with Crippen molar-refractivity contribution in [1.29, 1.82) is 0 Å². The summed E-state index contributed by atoms with van der Waals surface area (Å²) in [4.78, 5) is 10.3. The molecular weight excluding hydrogens is 245 g/mol. The Hall–Kier alpha value is -1.23. The first-order valence-electron chi connectivity index (χ1n) is 4.42. The molecule has 16 heavy (non-hydrogen) atoms. The maximum atomic E-state index is 12.8. The van der Waals surface area contributed by atoms with Crippen molar-refractivity contribution >= 4 is 17.6 Å². The van der Waals surface area contributed by atoms with Gasteiger partial charge in [0.05, 0.1) is 5.38 Å². The summed E-state index contributed by atoms with van der Waals surface area (Å²) >= 11 is 5.73. The molecule has 2 nitrogen and oxygen atoms in total. The Kier molecular flexibility index (Phi) is 4.18. The Labute approximate surface area is 94.6 Å². The topological polar surface area (TPSA) is 37.3 Å². The third kappa shape index (κ3) is 3.13. The van der Waals surface area contributed by atoms with Crippen molar-refractivity contribution in [1.82, 2.24) is 0 Å². The summed E-state index contributed by atoms with van der Waals surface area (Å²) in [5.41, 5.74) is 0.0271. The third-order valence-electron chi connectivity index (χ3n) is 1.98. The van der Waals surface area contributed by atoms with Gasteiger partial charge in [-0.2, -0.15) is 0 Å². The number of halogens is 4. The van der Waals surface area contributed by atoms with E-state index in [-0.39, 0.29) is 18.4 Å². The molecule has 1 aromatic carbocycles. The Balaban J connectivity index is 2.84. The number of carbonyl (C=O) groups is 1. The summed E-state index contributed by atoms with van der Waals surface area (Å²) in [6.07, 6.45) is -0.212. The van der Waals surface area contributed by atoms with E-state index in [1.54, 1.807) is 0 Å². The summed E-state index contributed by atoms with van der Waals surface area (Å²) in [6.45, 7) is 0. The summed E-state index contributed by atoms with van der Waals surface area (Å²) in [7, 11) is 0. The molecule has 1 rings (SSSR count). The van der Waals surface area contributed by atoms with Gasteiger partial charge in [-0.05, 0) is 24.1 Å².